The Labute approximate surface area is 156 Å². The zero-order valence-electron chi connectivity index (χ0n) is 15.5. The van der Waals surface area contributed by atoms with Gasteiger partial charge in [-0.15, -0.1) is 0 Å². The number of amides is 3. The van der Waals surface area contributed by atoms with E-state index in [2.05, 4.69) is 10.3 Å². The van der Waals surface area contributed by atoms with Crippen LogP contribution >= 0.6 is 0 Å². The van der Waals surface area contributed by atoms with Gasteiger partial charge in [0.15, 0.2) is 5.76 Å². The van der Waals surface area contributed by atoms with Crippen molar-refractivity contribution in [3.63, 3.8) is 0 Å². The molecular weight excluding hydrogens is 350 g/mol. The molecule has 1 saturated heterocycles. The van der Waals surface area contributed by atoms with Crippen LogP contribution in [0.3, 0.4) is 0 Å². The number of nitrogens with one attached hydrogen (secondary N) is 1. The fourth-order valence-corrected chi connectivity index (χ4v) is 3.10. The number of furan rings is 1. The number of aryl methyl sites for hydroxylation is 2. The molecule has 0 saturated carbocycles. The van der Waals surface area contributed by atoms with Crippen molar-refractivity contribution in [2.24, 2.45) is 0 Å². The number of hydrogen-bond acceptors (Lipinski definition) is 5. The summed E-state index contributed by atoms with van der Waals surface area (Å²) >= 11 is 0. The molecule has 3 amide bonds. The Morgan fingerprint density at radius 1 is 1.19 bits per heavy atom. The molecule has 3 rings (SSSR count). The summed E-state index contributed by atoms with van der Waals surface area (Å²) in [5, 5.41) is 2.82. The molecule has 0 radical (unpaired) electrons. The second-order valence-corrected chi connectivity index (χ2v) is 6.46. The Morgan fingerprint density at radius 2 is 1.89 bits per heavy atom. The predicted octanol–water partition coefficient (Wildman–Crippen LogP) is 0.621. The molecule has 9 heteroatoms. The summed E-state index contributed by atoms with van der Waals surface area (Å²) in [4.78, 5) is 43.7. The van der Waals surface area contributed by atoms with Crippen molar-refractivity contribution in [3.05, 3.63) is 52.1 Å². The van der Waals surface area contributed by atoms with E-state index in [0.717, 1.165) is 5.69 Å². The standard InChI is InChI=1S/C18H23N5O4/c1-13-12-14(2)23(18(26)20-13)6-5-19-17(25)22-9-7-21(8-10-22)16(24)15-4-3-11-27-15/h3-4,11-12H,5-10H2,1-2H3,(H,19,25). The number of piperazine rings is 1. The molecule has 9 nitrogen and oxygen atoms in total. The molecule has 27 heavy (non-hydrogen) atoms. The second-order valence-electron chi connectivity index (χ2n) is 6.46. The first-order chi connectivity index (χ1) is 13.0. The van der Waals surface area contributed by atoms with Gasteiger partial charge >= 0.3 is 11.7 Å². The highest BCUT2D eigenvalue weighted by Gasteiger charge is 2.25. The number of urea groups is 1. The summed E-state index contributed by atoms with van der Waals surface area (Å²) in [5.74, 6) is 0.141. The first kappa shape index (κ1) is 18.7. The lowest BCUT2D eigenvalue weighted by atomic mass is 10.3. The number of nitrogens with zero attached hydrogens (tertiary/aromatic N) is 4. The first-order valence-electron chi connectivity index (χ1n) is 8.86. The first-order valence-corrected chi connectivity index (χ1v) is 8.86. The zero-order valence-corrected chi connectivity index (χ0v) is 15.5. The molecule has 0 bridgehead atoms. The molecule has 2 aromatic heterocycles. The molecule has 0 aliphatic carbocycles. The van der Waals surface area contributed by atoms with E-state index in [0.29, 0.717) is 50.7 Å². The van der Waals surface area contributed by atoms with E-state index in [1.165, 1.54) is 10.8 Å². The summed E-state index contributed by atoms with van der Waals surface area (Å²) in [6, 6.07) is 4.93. The molecule has 0 unspecified atom stereocenters. The van der Waals surface area contributed by atoms with Crippen LogP contribution in [0.2, 0.25) is 0 Å². The van der Waals surface area contributed by atoms with Gasteiger partial charge in [0.2, 0.25) is 0 Å². The third kappa shape index (κ3) is 4.36. The van der Waals surface area contributed by atoms with Gasteiger partial charge in [-0.1, -0.05) is 0 Å². The highest BCUT2D eigenvalue weighted by atomic mass is 16.3. The lowest BCUT2D eigenvalue weighted by molar-refractivity contribution is 0.0634. The van der Waals surface area contributed by atoms with Crippen LogP contribution in [0.1, 0.15) is 21.9 Å². The van der Waals surface area contributed by atoms with Crippen LogP contribution in [0.4, 0.5) is 4.79 Å². The van der Waals surface area contributed by atoms with E-state index in [9.17, 15) is 14.4 Å². The predicted molar refractivity (Wildman–Crippen MR) is 97.6 cm³/mol. The normalized spacial score (nSPS) is 14.3. The average molecular weight is 373 g/mol. The van der Waals surface area contributed by atoms with Gasteiger partial charge in [0.05, 0.1) is 6.26 Å². The Hall–Kier alpha value is -3.10. The zero-order chi connectivity index (χ0) is 19.4. The molecule has 3 heterocycles. The molecule has 1 N–H and O–H groups in total. The van der Waals surface area contributed by atoms with Crippen molar-refractivity contribution in [2.75, 3.05) is 32.7 Å². The van der Waals surface area contributed by atoms with Crippen molar-refractivity contribution < 1.29 is 14.0 Å². The minimum Gasteiger partial charge on any atom is -0.459 e. The number of hydrogen-bond donors (Lipinski definition) is 1. The minimum atomic E-state index is -0.313. The van der Waals surface area contributed by atoms with E-state index in [-0.39, 0.29) is 17.6 Å². The number of aromatic nitrogens is 2. The summed E-state index contributed by atoms with van der Waals surface area (Å²) in [5.41, 5.74) is 1.18. The van der Waals surface area contributed by atoms with Crippen molar-refractivity contribution in [1.29, 1.82) is 0 Å². The van der Waals surface area contributed by atoms with E-state index in [4.69, 9.17) is 4.42 Å². The molecule has 0 aromatic carbocycles. The van der Waals surface area contributed by atoms with Crippen LogP contribution < -0.4 is 11.0 Å². The average Bonchev–Trinajstić information content (AvgIpc) is 3.18. The van der Waals surface area contributed by atoms with Gasteiger partial charge < -0.3 is 19.5 Å². The second kappa shape index (κ2) is 8.07. The number of rotatable bonds is 4. The van der Waals surface area contributed by atoms with Crippen LogP contribution in [0.25, 0.3) is 0 Å². The van der Waals surface area contributed by atoms with Gasteiger partial charge in [-0.3, -0.25) is 9.36 Å². The smallest absolute Gasteiger partial charge is 0.348 e. The molecular formula is C18H23N5O4. The maximum atomic E-state index is 12.3. The molecule has 1 fully saturated rings. The fourth-order valence-electron chi connectivity index (χ4n) is 3.10. The van der Waals surface area contributed by atoms with Gasteiger partial charge in [0, 0.05) is 50.7 Å². The summed E-state index contributed by atoms with van der Waals surface area (Å²) in [6.07, 6.45) is 1.47. The highest BCUT2D eigenvalue weighted by Crippen LogP contribution is 2.09. The van der Waals surface area contributed by atoms with Gasteiger partial charge in [-0.2, -0.15) is 4.98 Å². The maximum absolute atomic E-state index is 12.3. The van der Waals surface area contributed by atoms with Gasteiger partial charge in [0.1, 0.15) is 0 Å². The Balaban J connectivity index is 1.46. The highest BCUT2D eigenvalue weighted by molar-refractivity contribution is 5.91. The summed E-state index contributed by atoms with van der Waals surface area (Å²) in [6.45, 7) is 6.11. The number of carbonyl (C=O) groups excluding carboxylic acids is 2. The molecule has 1 aliphatic rings. The van der Waals surface area contributed by atoms with Crippen LogP contribution in [0, 0.1) is 13.8 Å². The molecule has 2 aromatic rings. The quantitative estimate of drug-likeness (QED) is 0.847. The van der Waals surface area contributed by atoms with Crippen LogP contribution in [-0.4, -0.2) is 64.0 Å². The summed E-state index contributed by atoms with van der Waals surface area (Å²) < 4.78 is 6.66. The van der Waals surface area contributed by atoms with Gasteiger partial charge in [-0.25, -0.2) is 9.59 Å². The Kier molecular flexibility index (Phi) is 5.58. The number of carbonyl (C=O) groups is 2. The SMILES string of the molecule is Cc1cc(C)n(CCNC(=O)N2CCN(C(=O)c3ccco3)CC2)c(=O)n1. The Morgan fingerprint density at radius 3 is 2.52 bits per heavy atom. The van der Waals surface area contributed by atoms with Gasteiger partial charge in [-0.05, 0) is 32.0 Å². The van der Waals surface area contributed by atoms with Crippen molar-refractivity contribution in [1.82, 2.24) is 24.7 Å². The van der Waals surface area contributed by atoms with Crippen molar-refractivity contribution in [3.8, 4) is 0 Å². The molecule has 0 atom stereocenters. The fraction of sp³-hybridized carbons (Fsp3) is 0.444. The van der Waals surface area contributed by atoms with E-state index in [1.807, 2.05) is 13.0 Å². The minimum absolute atomic E-state index is 0.165. The molecule has 0 spiro atoms. The van der Waals surface area contributed by atoms with Crippen LogP contribution in [-0.2, 0) is 6.54 Å². The topological polar surface area (TPSA) is 101 Å². The van der Waals surface area contributed by atoms with Gasteiger partial charge in [0.25, 0.3) is 5.91 Å². The van der Waals surface area contributed by atoms with E-state index >= 15 is 0 Å². The summed E-state index contributed by atoms with van der Waals surface area (Å²) in [7, 11) is 0. The largest absolute Gasteiger partial charge is 0.459 e. The van der Waals surface area contributed by atoms with E-state index < -0.39 is 0 Å². The lowest BCUT2D eigenvalue weighted by Crippen LogP contribution is -2.53. The Bertz CT molecular complexity index is 866. The van der Waals surface area contributed by atoms with Crippen molar-refractivity contribution >= 4 is 11.9 Å². The van der Waals surface area contributed by atoms with Crippen molar-refractivity contribution in [2.45, 2.75) is 20.4 Å². The molecule has 144 valence electrons. The maximum Gasteiger partial charge on any atom is 0.348 e. The van der Waals surface area contributed by atoms with Crippen LogP contribution in [0.5, 0.6) is 0 Å². The third-order valence-corrected chi connectivity index (χ3v) is 4.54. The van der Waals surface area contributed by atoms with Crippen LogP contribution in [0.15, 0.2) is 33.7 Å². The van der Waals surface area contributed by atoms with E-state index in [1.54, 1.807) is 28.9 Å². The third-order valence-electron chi connectivity index (χ3n) is 4.54. The lowest BCUT2D eigenvalue weighted by Gasteiger charge is -2.34. The monoisotopic (exact) mass is 373 g/mol. The molecule has 1 aliphatic heterocycles.